The average Bonchev–Trinajstić information content (AvgIpc) is 2.37. The van der Waals surface area contributed by atoms with Crippen LogP contribution in [0.25, 0.3) is 0 Å². The summed E-state index contributed by atoms with van der Waals surface area (Å²) in [5, 5.41) is 0. The fourth-order valence-electron chi connectivity index (χ4n) is 2.21. The monoisotopic (exact) mass is 287 g/mol. The predicted molar refractivity (Wildman–Crippen MR) is 77.8 cm³/mol. The lowest BCUT2D eigenvalue weighted by Gasteiger charge is -2.34. The van der Waals surface area contributed by atoms with Gasteiger partial charge >= 0.3 is 6.09 Å². The Morgan fingerprint density at radius 3 is 2.60 bits per heavy atom. The summed E-state index contributed by atoms with van der Waals surface area (Å²) in [6.07, 6.45) is 1.91. The molecule has 0 N–H and O–H groups in total. The molecule has 1 aliphatic heterocycles. The van der Waals surface area contributed by atoms with E-state index in [9.17, 15) is 4.79 Å². The van der Waals surface area contributed by atoms with Gasteiger partial charge in [0, 0.05) is 25.6 Å². The van der Waals surface area contributed by atoms with Gasteiger partial charge in [0.1, 0.15) is 5.60 Å². The van der Waals surface area contributed by atoms with Crippen molar-refractivity contribution in [1.82, 2.24) is 4.90 Å². The van der Waals surface area contributed by atoms with Gasteiger partial charge in [0.05, 0.1) is 19.8 Å². The SMILES string of the molecule is CCOCCOCC1CCCN(C(=O)OC(C)(C)C)C1. The number of piperidine rings is 1. The summed E-state index contributed by atoms with van der Waals surface area (Å²) in [7, 11) is 0. The molecule has 20 heavy (non-hydrogen) atoms. The third-order valence-electron chi connectivity index (χ3n) is 3.10. The summed E-state index contributed by atoms with van der Waals surface area (Å²) in [4.78, 5) is 13.8. The molecule has 1 atom stereocenters. The van der Waals surface area contributed by atoms with E-state index in [0.717, 1.165) is 32.5 Å². The molecule has 1 unspecified atom stereocenters. The first-order valence-corrected chi connectivity index (χ1v) is 7.55. The van der Waals surface area contributed by atoms with Crippen LogP contribution in [0.5, 0.6) is 0 Å². The van der Waals surface area contributed by atoms with Crippen LogP contribution >= 0.6 is 0 Å². The van der Waals surface area contributed by atoms with E-state index in [1.54, 1.807) is 4.90 Å². The van der Waals surface area contributed by atoms with Crippen LogP contribution in [0.1, 0.15) is 40.5 Å². The summed E-state index contributed by atoms with van der Waals surface area (Å²) in [5.74, 6) is 0.401. The third kappa shape index (κ3) is 7.10. The van der Waals surface area contributed by atoms with E-state index in [1.807, 2.05) is 27.7 Å². The molecule has 5 nitrogen and oxygen atoms in total. The highest BCUT2D eigenvalue weighted by molar-refractivity contribution is 5.68. The molecule has 0 spiro atoms. The van der Waals surface area contributed by atoms with Gasteiger partial charge in [-0.3, -0.25) is 0 Å². The lowest BCUT2D eigenvalue weighted by Crippen LogP contribution is -2.43. The minimum atomic E-state index is -0.433. The Morgan fingerprint density at radius 1 is 1.25 bits per heavy atom. The number of likely N-dealkylation sites (tertiary alicyclic amines) is 1. The van der Waals surface area contributed by atoms with Gasteiger partial charge in [-0.2, -0.15) is 0 Å². The van der Waals surface area contributed by atoms with Gasteiger partial charge in [-0.1, -0.05) is 0 Å². The van der Waals surface area contributed by atoms with Crippen LogP contribution in [-0.2, 0) is 14.2 Å². The van der Waals surface area contributed by atoms with E-state index in [0.29, 0.717) is 25.7 Å². The van der Waals surface area contributed by atoms with Gasteiger partial charge < -0.3 is 19.1 Å². The third-order valence-corrected chi connectivity index (χ3v) is 3.10. The molecule has 1 amide bonds. The van der Waals surface area contributed by atoms with Gasteiger partial charge in [0.2, 0.25) is 0 Å². The predicted octanol–water partition coefficient (Wildman–Crippen LogP) is 2.69. The fourth-order valence-corrected chi connectivity index (χ4v) is 2.21. The number of rotatable bonds is 6. The Morgan fingerprint density at radius 2 is 1.95 bits per heavy atom. The standard InChI is InChI=1S/C15H29NO4/c1-5-18-9-10-19-12-13-7-6-8-16(11-13)14(17)20-15(2,3)4/h13H,5-12H2,1-4H3. The fraction of sp³-hybridized carbons (Fsp3) is 0.933. The zero-order valence-corrected chi connectivity index (χ0v) is 13.3. The van der Waals surface area contributed by atoms with E-state index < -0.39 is 5.60 Å². The van der Waals surface area contributed by atoms with Crippen molar-refractivity contribution in [2.75, 3.05) is 39.5 Å². The van der Waals surface area contributed by atoms with Crippen LogP contribution < -0.4 is 0 Å². The molecule has 118 valence electrons. The minimum Gasteiger partial charge on any atom is -0.444 e. The normalized spacial score (nSPS) is 20.0. The van der Waals surface area contributed by atoms with Crippen molar-refractivity contribution in [3.8, 4) is 0 Å². The molecule has 1 heterocycles. The van der Waals surface area contributed by atoms with Crippen molar-refractivity contribution in [3.63, 3.8) is 0 Å². The van der Waals surface area contributed by atoms with E-state index in [2.05, 4.69) is 0 Å². The van der Waals surface area contributed by atoms with Crippen molar-refractivity contribution in [3.05, 3.63) is 0 Å². The van der Waals surface area contributed by atoms with Crippen LogP contribution in [-0.4, -0.2) is 56.1 Å². The molecule has 0 radical (unpaired) electrons. The maximum absolute atomic E-state index is 12.0. The molecule has 5 heteroatoms. The van der Waals surface area contributed by atoms with Gasteiger partial charge in [0.25, 0.3) is 0 Å². The van der Waals surface area contributed by atoms with Crippen molar-refractivity contribution in [1.29, 1.82) is 0 Å². The molecule has 0 aromatic carbocycles. The minimum absolute atomic E-state index is 0.212. The topological polar surface area (TPSA) is 48.0 Å². The second kappa shape index (κ2) is 8.47. The highest BCUT2D eigenvalue weighted by Crippen LogP contribution is 2.19. The molecular weight excluding hydrogens is 258 g/mol. The Balaban J connectivity index is 2.26. The second-order valence-electron chi connectivity index (χ2n) is 6.21. The van der Waals surface area contributed by atoms with Crippen molar-refractivity contribution < 1.29 is 19.0 Å². The highest BCUT2D eigenvalue weighted by Gasteiger charge is 2.27. The molecule has 0 bridgehead atoms. The number of nitrogens with zero attached hydrogens (tertiary/aromatic N) is 1. The summed E-state index contributed by atoms with van der Waals surface area (Å²) in [6, 6.07) is 0. The Kier molecular flexibility index (Phi) is 7.30. The number of amides is 1. The largest absolute Gasteiger partial charge is 0.444 e. The van der Waals surface area contributed by atoms with E-state index in [4.69, 9.17) is 14.2 Å². The Labute approximate surface area is 122 Å². The van der Waals surface area contributed by atoms with Gasteiger partial charge in [-0.05, 0) is 40.5 Å². The number of hydrogen-bond donors (Lipinski definition) is 0. The number of ether oxygens (including phenoxy) is 3. The maximum atomic E-state index is 12.0. The van der Waals surface area contributed by atoms with Crippen molar-refractivity contribution in [2.24, 2.45) is 5.92 Å². The summed E-state index contributed by atoms with van der Waals surface area (Å²) >= 11 is 0. The lowest BCUT2D eigenvalue weighted by molar-refractivity contribution is 0.000118. The first kappa shape index (κ1) is 17.2. The van der Waals surface area contributed by atoms with Crippen LogP contribution in [0.15, 0.2) is 0 Å². The van der Waals surface area contributed by atoms with Gasteiger partial charge in [0.15, 0.2) is 0 Å². The van der Waals surface area contributed by atoms with Gasteiger partial charge in [-0.15, -0.1) is 0 Å². The zero-order chi connectivity index (χ0) is 15.0. The summed E-state index contributed by atoms with van der Waals surface area (Å²) < 4.78 is 16.2. The quantitative estimate of drug-likeness (QED) is 0.705. The first-order chi connectivity index (χ1) is 9.42. The first-order valence-electron chi connectivity index (χ1n) is 7.55. The average molecular weight is 287 g/mol. The summed E-state index contributed by atoms with van der Waals surface area (Å²) in [5.41, 5.74) is -0.433. The van der Waals surface area contributed by atoms with Crippen LogP contribution in [0.2, 0.25) is 0 Å². The second-order valence-corrected chi connectivity index (χ2v) is 6.21. The van der Waals surface area contributed by atoms with Crippen LogP contribution in [0.4, 0.5) is 4.79 Å². The molecule has 1 saturated heterocycles. The van der Waals surface area contributed by atoms with E-state index in [-0.39, 0.29) is 6.09 Å². The molecule has 1 aliphatic rings. The number of hydrogen-bond acceptors (Lipinski definition) is 4. The van der Waals surface area contributed by atoms with Crippen LogP contribution in [0.3, 0.4) is 0 Å². The van der Waals surface area contributed by atoms with Crippen LogP contribution in [0, 0.1) is 5.92 Å². The molecule has 0 aromatic rings. The van der Waals surface area contributed by atoms with E-state index in [1.165, 1.54) is 0 Å². The van der Waals surface area contributed by atoms with Crippen molar-refractivity contribution in [2.45, 2.75) is 46.1 Å². The zero-order valence-electron chi connectivity index (χ0n) is 13.3. The Bertz CT molecular complexity index is 288. The number of carbonyl (C=O) groups is 1. The lowest BCUT2D eigenvalue weighted by atomic mass is 9.99. The summed E-state index contributed by atoms with van der Waals surface area (Å²) in [6.45, 7) is 11.8. The molecule has 1 fully saturated rings. The smallest absolute Gasteiger partial charge is 0.410 e. The molecular formula is C15H29NO4. The highest BCUT2D eigenvalue weighted by atomic mass is 16.6. The molecule has 0 aromatic heterocycles. The maximum Gasteiger partial charge on any atom is 0.410 e. The Hall–Kier alpha value is -0.810. The molecule has 0 aliphatic carbocycles. The number of carbonyl (C=O) groups excluding carboxylic acids is 1. The van der Waals surface area contributed by atoms with Crippen molar-refractivity contribution >= 4 is 6.09 Å². The van der Waals surface area contributed by atoms with Gasteiger partial charge in [-0.25, -0.2) is 4.79 Å². The molecule has 0 saturated carbocycles. The van der Waals surface area contributed by atoms with E-state index >= 15 is 0 Å². The molecule has 1 rings (SSSR count).